The number of aryl methyl sites for hydroxylation is 1. The molecule has 22 heavy (non-hydrogen) atoms. The number of thiazole rings is 1. The van der Waals surface area contributed by atoms with Gasteiger partial charge in [0, 0.05) is 36.8 Å². The Kier molecular flexibility index (Phi) is 4.16. The summed E-state index contributed by atoms with van der Waals surface area (Å²) in [6.07, 6.45) is 2.81. The molecule has 1 aliphatic carbocycles. The molecule has 5 nitrogen and oxygen atoms in total. The molecule has 2 heterocycles. The van der Waals surface area contributed by atoms with E-state index in [-0.39, 0.29) is 6.09 Å². The molecule has 0 aromatic carbocycles. The van der Waals surface area contributed by atoms with Crippen molar-refractivity contribution in [1.82, 2.24) is 15.2 Å². The summed E-state index contributed by atoms with van der Waals surface area (Å²) < 4.78 is 5.43. The number of fused-ring (bicyclic) bond motifs is 1. The summed E-state index contributed by atoms with van der Waals surface area (Å²) in [7, 11) is 0. The van der Waals surface area contributed by atoms with Crippen LogP contribution in [0.5, 0.6) is 0 Å². The number of nitrogens with one attached hydrogen (secondary N) is 1. The molecule has 2 fully saturated rings. The van der Waals surface area contributed by atoms with Gasteiger partial charge in [-0.3, -0.25) is 0 Å². The van der Waals surface area contributed by atoms with Crippen molar-refractivity contribution >= 4 is 17.4 Å². The number of ether oxygens (including phenoxy) is 1. The van der Waals surface area contributed by atoms with Gasteiger partial charge in [0.25, 0.3) is 0 Å². The highest BCUT2D eigenvalue weighted by Gasteiger charge is 2.56. The maximum Gasteiger partial charge on any atom is 0.410 e. The molecule has 6 heteroatoms. The number of carbonyl (C=O) groups excluding carboxylic acids is 1. The number of aromatic nitrogens is 1. The maximum absolute atomic E-state index is 12.0. The highest BCUT2D eigenvalue weighted by Crippen LogP contribution is 2.46. The normalized spacial score (nSPS) is 26.9. The van der Waals surface area contributed by atoms with Crippen LogP contribution in [0.3, 0.4) is 0 Å². The molecule has 122 valence electrons. The molecule has 0 bridgehead atoms. The molecule has 1 aromatic heterocycles. The molecule has 0 spiro atoms. The average Bonchev–Trinajstić information content (AvgIpc) is 2.86. The third-order valence-corrected chi connectivity index (χ3v) is 5.40. The van der Waals surface area contributed by atoms with Crippen LogP contribution >= 0.6 is 11.3 Å². The predicted molar refractivity (Wildman–Crippen MR) is 86.9 cm³/mol. The smallest absolute Gasteiger partial charge is 0.410 e. The minimum atomic E-state index is -0.412. The second kappa shape index (κ2) is 5.81. The van der Waals surface area contributed by atoms with E-state index in [2.05, 4.69) is 17.2 Å². The van der Waals surface area contributed by atoms with Gasteiger partial charge in [-0.05, 0) is 39.0 Å². The first-order valence-electron chi connectivity index (χ1n) is 8.02. The fraction of sp³-hybridized carbons (Fsp3) is 0.750. The number of rotatable bonds is 4. The second-order valence-electron chi connectivity index (χ2n) is 7.19. The lowest BCUT2D eigenvalue weighted by Gasteiger charge is -2.26. The van der Waals surface area contributed by atoms with Crippen LogP contribution in [0.25, 0.3) is 0 Å². The van der Waals surface area contributed by atoms with Crippen molar-refractivity contribution in [2.75, 3.05) is 13.1 Å². The highest BCUT2D eigenvalue weighted by molar-refractivity contribution is 7.11. The largest absolute Gasteiger partial charge is 0.444 e. The lowest BCUT2D eigenvalue weighted by molar-refractivity contribution is 0.0269. The van der Waals surface area contributed by atoms with Crippen LogP contribution in [-0.2, 0) is 17.7 Å². The van der Waals surface area contributed by atoms with Gasteiger partial charge in [0.15, 0.2) is 0 Å². The molecular formula is C16H25N3O2S. The molecule has 2 aliphatic rings. The third kappa shape index (κ3) is 3.43. The van der Waals surface area contributed by atoms with Gasteiger partial charge in [-0.15, -0.1) is 11.3 Å². The molecule has 1 N–H and O–H groups in total. The first-order valence-corrected chi connectivity index (χ1v) is 8.84. The zero-order valence-corrected chi connectivity index (χ0v) is 14.6. The SMILES string of the molecule is CCc1ncc(CNC2C3CN(C(=O)OC(C)(C)C)CC32)s1. The Morgan fingerprint density at radius 1 is 1.45 bits per heavy atom. The van der Waals surface area contributed by atoms with Crippen molar-refractivity contribution in [3.05, 3.63) is 16.1 Å². The summed E-state index contributed by atoms with van der Waals surface area (Å²) in [6, 6.07) is 0.547. The van der Waals surface area contributed by atoms with Gasteiger partial charge < -0.3 is 15.0 Å². The monoisotopic (exact) mass is 323 g/mol. The fourth-order valence-corrected chi connectivity index (χ4v) is 3.93. The van der Waals surface area contributed by atoms with Crippen molar-refractivity contribution in [2.45, 2.75) is 52.3 Å². The molecule has 3 rings (SSSR count). The van der Waals surface area contributed by atoms with Gasteiger partial charge in [0.05, 0.1) is 5.01 Å². The van der Waals surface area contributed by atoms with Crippen LogP contribution in [0.4, 0.5) is 4.79 Å². The van der Waals surface area contributed by atoms with Crippen LogP contribution in [-0.4, -0.2) is 40.7 Å². The number of hydrogen-bond acceptors (Lipinski definition) is 5. The first kappa shape index (κ1) is 15.7. The third-order valence-electron chi connectivity index (χ3n) is 4.26. The van der Waals surface area contributed by atoms with E-state index in [1.54, 1.807) is 11.3 Å². The van der Waals surface area contributed by atoms with Crippen molar-refractivity contribution in [1.29, 1.82) is 0 Å². The molecule has 0 radical (unpaired) electrons. The van der Waals surface area contributed by atoms with Crippen molar-refractivity contribution in [3.8, 4) is 0 Å². The summed E-state index contributed by atoms with van der Waals surface area (Å²) in [6.45, 7) is 10.4. The first-order chi connectivity index (χ1) is 10.4. The van der Waals surface area contributed by atoms with E-state index in [1.165, 1.54) is 9.88 Å². The Hall–Kier alpha value is -1.14. The molecule has 1 amide bonds. The number of hydrogen-bond donors (Lipinski definition) is 1. The van der Waals surface area contributed by atoms with E-state index in [0.717, 1.165) is 26.1 Å². The predicted octanol–water partition coefficient (Wildman–Crippen LogP) is 2.66. The van der Waals surface area contributed by atoms with E-state index in [0.29, 0.717) is 17.9 Å². The number of piperidine rings is 1. The zero-order valence-electron chi connectivity index (χ0n) is 13.8. The lowest BCUT2D eigenvalue weighted by Crippen LogP contribution is -2.39. The van der Waals surface area contributed by atoms with Gasteiger partial charge in [0.1, 0.15) is 5.60 Å². The topological polar surface area (TPSA) is 54.5 Å². The molecule has 1 aliphatic heterocycles. The standard InChI is InChI=1S/C16H25N3O2S/c1-5-13-17-6-10(22-13)7-18-14-11-8-19(9-12(11)14)15(20)21-16(2,3)4/h6,11-12,14,18H,5,7-9H2,1-4H3. The van der Waals surface area contributed by atoms with E-state index < -0.39 is 5.60 Å². The van der Waals surface area contributed by atoms with E-state index >= 15 is 0 Å². The second-order valence-corrected chi connectivity index (χ2v) is 8.39. The average molecular weight is 323 g/mol. The Morgan fingerprint density at radius 2 is 2.14 bits per heavy atom. The zero-order chi connectivity index (χ0) is 15.9. The van der Waals surface area contributed by atoms with Crippen molar-refractivity contribution in [3.63, 3.8) is 0 Å². The molecule has 2 atom stereocenters. The molecule has 2 unspecified atom stereocenters. The molecule has 1 saturated heterocycles. The summed E-state index contributed by atoms with van der Waals surface area (Å²) in [5.74, 6) is 1.18. The van der Waals surface area contributed by atoms with Crippen LogP contribution in [0.15, 0.2) is 6.20 Å². The molecule has 1 aromatic rings. The van der Waals surface area contributed by atoms with E-state index in [4.69, 9.17) is 4.74 Å². The molecule has 1 saturated carbocycles. The van der Waals surface area contributed by atoms with Crippen molar-refractivity contribution < 1.29 is 9.53 Å². The van der Waals surface area contributed by atoms with Gasteiger partial charge in [-0.25, -0.2) is 9.78 Å². The fourth-order valence-electron chi connectivity index (χ4n) is 3.12. The quantitative estimate of drug-likeness (QED) is 0.925. The van der Waals surface area contributed by atoms with E-state index in [9.17, 15) is 4.79 Å². The summed E-state index contributed by atoms with van der Waals surface area (Å²) in [5, 5.41) is 4.81. The van der Waals surface area contributed by atoms with Crippen LogP contribution in [0.1, 0.15) is 37.6 Å². The summed E-state index contributed by atoms with van der Waals surface area (Å²) in [4.78, 5) is 19.6. The Morgan fingerprint density at radius 3 is 2.68 bits per heavy atom. The van der Waals surface area contributed by atoms with Gasteiger partial charge in [-0.1, -0.05) is 6.92 Å². The number of nitrogens with zero attached hydrogens (tertiary/aromatic N) is 2. The van der Waals surface area contributed by atoms with Crippen LogP contribution in [0, 0.1) is 11.8 Å². The van der Waals surface area contributed by atoms with E-state index in [1.807, 2.05) is 31.9 Å². The minimum absolute atomic E-state index is 0.173. The summed E-state index contributed by atoms with van der Waals surface area (Å²) in [5.41, 5.74) is -0.412. The van der Waals surface area contributed by atoms with Crippen LogP contribution in [0.2, 0.25) is 0 Å². The van der Waals surface area contributed by atoms with Gasteiger partial charge in [-0.2, -0.15) is 0 Å². The number of carbonyl (C=O) groups is 1. The Bertz CT molecular complexity index is 540. The summed E-state index contributed by atoms with van der Waals surface area (Å²) >= 11 is 1.78. The Labute approximate surface area is 136 Å². The van der Waals surface area contributed by atoms with Gasteiger partial charge >= 0.3 is 6.09 Å². The number of likely N-dealkylation sites (tertiary alicyclic amines) is 1. The minimum Gasteiger partial charge on any atom is -0.444 e. The van der Waals surface area contributed by atoms with Crippen molar-refractivity contribution in [2.24, 2.45) is 11.8 Å². The highest BCUT2D eigenvalue weighted by atomic mass is 32.1. The maximum atomic E-state index is 12.0. The van der Waals surface area contributed by atoms with Crippen LogP contribution < -0.4 is 5.32 Å². The Balaban J connectivity index is 1.42. The molecular weight excluding hydrogens is 298 g/mol. The lowest BCUT2D eigenvalue weighted by atomic mass is 10.2. The number of amides is 1. The van der Waals surface area contributed by atoms with Gasteiger partial charge in [0.2, 0.25) is 0 Å².